The second-order valence-electron chi connectivity index (χ2n) is 5.53. The molecule has 0 bridgehead atoms. The van der Waals surface area contributed by atoms with E-state index in [0.29, 0.717) is 11.5 Å². The molecule has 0 saturated heterocycles. The number of H-pyrrole nitrogens is 1. The highest BCUT2D eigenvalue weighted by Crippen LogP contribution is 2.20. The maximum Gasteiger partial charge on any atom is 0.276 e. The van der Waals surface area contributed by atoms with Gasteiger partial charge >= 0.3 is 0 Å². The van der Waals surface area contributed by atoms with E-state index in [0.717, 1.165) is 16.6 Å². The van der Waals surface area contributed by atoms with Gasteiger partial charge in [-0.3, -0.25) is 10.1 Å². The van der Waals surface area contributed by atoms with Crippen molar-refractivity contribution in [3.05, 3.63) is 71.4 Å². The quantitative estimate of drug-likeness (QED) is 0.583. The third kappa shape index (κ3) is 4.27. The predicted octanol–water partition coefficient (Wildman–Crippen LogP) is 3.16. The van der Waals surface area contributed by atoms with Gasteiger partial charge in [-0.25, -0.2) is 14.4 Å². The van der Waals surface area contributed by atoms with Crippen LogP contribution in [0.25, 0.3) is 17.1 Å². The lowest BCUT2D eigenvalue weighted by Crippen LogP contribution is -2.35. The number of carbonyl (C=O) groups excluding carboxylic acids is 1. The lowest BCUT2D eigenvalue weighted by molar-refractivity contribution is -0.115. The summed E-state index contributed by atoms with van der Waals surface area (Å²) in [5.74, 6) is -0.311. The zero-order valence-electron chi connectivity index (χ0n) is 13.9. The van der Waals surface area contributed by atoms with Crippen LogP contribution in [0.1, 0.15) is 11.1 Å². The lowest BCUT2D eigenvalue weighted by atomic mass is 10.2. The van der Waals surface area contributed by atoms with E-state index in [1.807, 2.05) is 12.1 Å². The molecule has 2 aromatic heterocycles. The molecule has 1 aromatic carbocycles. The minimum absolute atomic E-state index is 0. The zero-order chi connectivity index (χ0) is 17.2. The van der Waals surface area contributed by atoms with Gasteiger partial charge in [0.2, 0.25) is 5.96 Å². The number of aromatic nitrogens is 2. The highest BCUT2D eigenvalue weighted by atomic mass is 35.5. The van der Waals surface area contributed by atoms with Gasteiger partial charge in [0.1, 0.15) is 17.2 Å². The summed E-state index contributed by atoms with van der Waals surface area (Å²) < 4.78 is 13.6. The Balaban J connectivity index is 0.00000131. The topological polar surface area (TPSA) is 82.2 Å². The van der Waals surface area contributed by atoms with Gasteiger partial charge in [0.25, 0.3) is 5.91 Å². The minimum Gasteiger partial charge on any atom is -0.352 e. The third-order valence-corrected chi connectivity index (χ3v) is 3.88. The van der Waals surface area contributed by atoms with E-state index in [-0.39, 0.29) is 48.8 Å². The normalized spacial score (nSPS) is 14.3. The molecule has 1 aliphatic heterocycles. The standard InChI is InChI=1S/C18H14FN5O.2ClH/c19-14-6-2-1-4-11(14)9-22-18-23-15(17(25)24-18)8-12-10-21-16-13(12)5-3-7-20-16;;/h1-8,10H,9H2,(H,20,21)(H2,22,23,24,25);2*1H. The van der Waals surface area contributed by atoms with Crippen LogP contribution in [0.3, 0.4) is 0 Å². The molecule has 6 nitrogen and oxygen atoms in total. The summed E-state index contributed by atoms with van der Waals surface area (Å²) in [5.41, 5.74) is 2.35. The van der Waals surface area contributed by atoms with Gasteiger partial charge in [0, 0.05) is 35.5 Å². The third-order valence-electron chi connectivity index (χ3n) is 3.88. The Morgan fingerprint density at radius 1 is 1.15 bits per heavy atom. The van der Waals surface area contributed by atoms with E-state index >= 15 is 0 Å². The first-order valence-electron chi connectivity index (χ1n) is 7.72. The van der Waals surface area contributed by atoms with Gasteiger partial charge in [-0.05, 0) is 24.3 Å². The average molecular weight is 408 g/mol. The summed E-state index contributed by atoms with van der Waals surface area (Å²) in [6, 6.07) is 10.2. The van der Waals surface area contributed by atoms with E-state index < -0.39 is 0 Å². The van der Waals surface area contributed by atoms with Crippen molar-refractivity contribution in [2.45, 2.75) is 6.54 Å². The van der Waals surface area contributed by atoms with Gasteiger partial charge < -0.3 is 10.3 Å². The minimum atomic E-state index is -0.311. The van der Waals surface area contributed by atoms with Crippen LogP contribution in [0.4, 0.5) is 4.39 Å². The summed E-state index contributed by atoms with van der Waals surface area (Å²) in [7, 11) is 0. The van der Waals surface area contributed by atoms with Crippen LogP contribution in [0.5, 0.6) is 0 Å². The molecule has 4 rings (SSSR count). The molecule has 3 heterocycles. The molecular weight excluding hydrogens is 392 g/mol. The van der Waals surface area contributed by atoms with Crippen LogP contribution in [0.15, 0.2) is 59.5 Å². The van der Waals surface area contributed by atoms with Crippen molar-refractivity contribution in [1.29, 1.82) is 0 Å². The van der Waals surface area contributed by atoms with Crippen molar-refractivity contribution in [2.75, 3.05) is 0 Å². The summed E-state index contributed by atoms with van der Waals surface area (Å²) in [5, 5.41) is 6.48. The van der Waals surface area contributed by atoms with Crippen molar-refractivity contribution >= 4 is 53.8 Å². The summed E-state index contributed by atoms with van der Waals surface area (Å²) in [6.07, 6.45) is 5.16. The highest BCUT2D eigenvalue weighted by molar-refractivity contribution is 6.14. The van der Waals surface area contributed by atoms with Gasteiger partial charge in [0.15, 0.2) is 0 Å². The van der Waals surface area contributed by atoms with E-state index in [2.05, 4.69) is 25.6 Å². The van der Waals surface area contributed by atoms with Gasteiger partial charge in [-0.1, -0.05) is 18.2 Å². The Labute approximate surface area is 166 Å². The van der Waals surface area contributed by atoms with Crippen LogP contribution in [0.2, 0.25) is 0 Å². The molecule has 1 amide bonds. The van der Waals surface area contributed by atoms with Crippen molar-refractivity contribution < 1.29 is 9.18 Å². The van der Waals surface area contributed by atoms with Crippen LogP contribution in [-0.4, -0.2) is 21.8 Å². The van der Waals surface area contributed by atoms with Crippen LogP contribution >= 0.6 is 24.8 Å². The fraction of sp³-hybridized carbons (Fsp3) is 0.0556. The van der Waals surface area contributed by atoms with E-state index in [1.54, 1.807) is 36.7 Å². The molecule has 0 radical (unpaired) electrons. The molecule has 0 fully saturated rings. The number of hydrogen-bond donors (Lipinski definition) is 3. The molecule has 9 heteroatoms. The molecule has 0 atom stereocenters. The first-order chi connectivity index (χ1) is 12.2. The Kier molecular flexibility index (Phi) is 6.55. The van der Waals surface area contributed by atoms with Gasteiger partial charge in [-0.2, -0.15) is 0 Å². The molecule has 140 valence electrons. The number of fused-ring (bicyclic) bond motifs is 1. The molecule has 1 aliphatic rings. The van der Waals surface area contributed by atoms with Crippen LogP contribution in [-0.2, 0) is 11.3 Å². The fourth-order valence-electron chi connectivity index (χ4n) is 2.62. The van der Waals surface area contributed by atoms with Gasteiger partial charge in [0.05, 0.1) is 0 Å². The van der Waals surface area contributed by atoms with Crippen LogP contribution < -0.4 is 10.6 Å². The molecular formula is C18H16Cl2FN5O. The molecule has 0 unspecified atom stereocenters. The number of nitrogens with zero attached hydrogens (tertiary/aromatic N) is 2. The molecule has 3 N–H and O–H groups in total. The van der Waals surface area contributed by atoms with Crippen molar-refractivity contribution in [1.82, 2.24) is 20.6 Å². The number of aliphatic imine (C=N–C) groups is 1. The Morgan fingerprint density at radius 3 is 2.78 bits per heavy atom. The predicted molar refractivity (Wildman–Crippen MR) is 107 cm³/mol. The van der Waals surface area contributed by atoms with Crippen LogP contribution in [0, 0.1) is 5.82 Å². The number of carbonyl (C=O) groups is 1. The molecule has 0 saturated carbocycles. The largest absolute Gasteiger partial charge is 0.352 e. The van der Waals surface area contributed by atoms with Gasteiger partial charge in [-0.15, -0.1) is 24.8 Å². The average Bonchev–Trinajstić information content (AvgIpc) is 3.19. The number of aromatic amines is 1. The number of benzene rings is 1. The summed E-state index contributed by atoms with van der Waals surface area (Å²) in [4.78, 5) is 23.6. The number of pyridine rings is 1. The van der Waals surface area contributed by atoms with E-state index in [4.69, 9.17) is 0 Å². The monoisotopic (exact) mass is 407 g/mol. The molecule has 0 spiro atoms. The number of amides is 1. The maximum atomic E-state index is 13.6. The highest BCUT2D eigenvalue weighted by Gasteiger charge is 2.20. The van der Waals surface area contributed by atoms with E-state index in [1.165, 1.54) is 6.07 Å². The maximum absolute atomic E-state index is 13.6. The SMILES string of the molecule is Cl.Cl.O=C1NC(NCc2ccccc2F)=NC1=Cc1c[nH]c2ncccc12. The van der Waals surface area contributed by atoms with Crippen molar-refractivity contribution in [3.63, 3.8) is 0 Å². The first-order valence-corrected chi connectivity index (χ1v) is 7.72. The Hall–Kier alpha value is -2.90. The number of nitrogens with one attached hydrogen (secondary N) is 3. The first kappa shape index (κ1) is 20.4. The van der Waals surface area contributed by atoms with Crippen molar-refractivity contribution in [3.8, 4) is 0 Å². The summed E-state index contributed by atoms with van der Waals surface area (Å²) in [6.45, 7) is 0.232. The number of guanidine groups is 1. The summed E-state index contributed by atoms with van der Waals surface area (Å²) >= 11 is 0. The molecule has 0 aliphatic carbocycles. The number of hydrogen-bond acceptors (Lipinski definition) is 4. The fourth-order valence-corrected chi connectivity index (χ4v) is 2.62. The number of halogens is 3. The number of rotatable bonds is 3. The second kappa shape index (κ2) is 8.66. The Bertz CT molecular complexity index is 1030. The zero-order valence-corrected chi connectivity index (χ0v) is 15.5. The lowest BCUT2D eigenvalue weighted by Gasteiger charge is -2.05. The van der Waals surface area contributed by atoms with E-state index in [9.17, 15) is 9.18 Å². The van der Waals surface area contributed by atoms with Crippen molar-refractivity contribution in [2.24, 2.45) is 4.99 Å². The smallest absolute Gasteiger partial charge is 0.276 e. The molecule has 27 heavy (non-hydrogen) atoms. The second-order valence-corrected chi connectivity index (χ2v) is 5.53. The molecule has 3 aromatic rings. The Morgan fingerprint density at radius 2 is 1.96 bits per heavy atom.